The Balaban J connectivity index is 2.27. The van der Waals surface area contributed by atoms with E-state index in [1.807, 2.05) is 0 Å². The van der Waals surface area contributed by atoms with E-state index in [4.69, 9.17) is 11.6 Å². The van der Waals surface area contributed by atoms with E-state index in [-0.39, 0.29) is 5.95 Å². The Labute approximate surface area is 94.1 Å². The second-order valence-corrected chi connectivity index (χ2v) is 3.94. The van der Waals surface area contributed by atoms with Crippen molar-refractivity contribution in [1.29, 1.82) is 0 Å². The van der Waals surface area contributed by atoms with Crippen molar-refractivity contribution in [3.05, 3.63) is 40.7 Å². The van der Waals surface area contributed by atoms with E-state index in [2.05, 4.69) is 42.2 Å². The molecule has 0 saturated heterocycles. The number of rotatable bonds is 2. The Bertz CT molecular complexity index is 515. The minimum atomic E-state index is 0.235. The number of hydrogen-bond acceptors (Lipinski definition) is 4. The monoisotopic (exact) mass is 217 g/mol. The molecule has 5 heteroatoms. The van der Waals surface area contributed by atoms with Crippen molar-refractivity contribution in [2.24, 2.45) is 0 Å². The molecule has 0 spiro atoms. The molecule has 16 heavy (non-hydrogen) atoms. The number of anilines is 1. The first-order valence-electron chi connectivity index (χ1n) is 5.09. The van der Waals surface area contributed by atoms with Crippen molar-refractivity contribution in [2.45, 2.75) is 20.3 Å². The maximum Gasteiger partial charge on any atom is 0.240 e. The van der Waals surface area contributed by atoms with Gasteiger partial charge in [0.2, 0.25) is 5.95 Å². The molecule has 0 aliphatic carbocycles. The normalized spacial score (nSPS) is 10.6. The van der Waals surface area contributed by atoms with Crippen LogP contribution in [0.1, 0.15) is 22.5 Å². The van der Waals surface area contributed by atoms with Crippen LogP contribution in [0.15, 0.2) is 18.2 Å². The van der Waals surface area contributed by atoms with Crippen LogP contribution in [0, 0.1) is 13.8 Å². The van der Waals surface area contributed by atoms with Crippen LogP contribution in [0.4, 0.5) is 5.95 Å². The van der Waals surface area contributed by atoms with Gasteiger partial charge in [-0.2, -0.15) is 0 Å². The van der Waals surface area contributed by atoms with Crippen molar-refractivity contribution in [2.75, 3.05) is 11.6 Å². The van der Waals surface area contributed by atoms with Gasteiger partial charge in [0.1, 0.15) is 0 Å². The van der Waals surface area contributed by atoms with Crippen LogP contribution < -0.4 is 11.6 Å². The fourth-order valence-corrected chi connectivity index (χ4v) is 1.55. The highest BCUT2D eigenvalue weighted by atomic mass is 15.4. The number of benzene rings is 1. The third kappa shape index (κ3) is 1.84. The molecule has 0 unspecified atom stereocenters. The third-order valence-corrected chi connectivity index (χ3v) is 2.73. The molecular weight excluding hydrogens is 202 g/mol. The molecule has 5 nitrogen and oxygen atoms in total. The topological polar surface area (TPSA) is 82.8 Å². The number of aromatic nitrogens is 3. The molecule has 84 valence electrons. The maximum atomic E-state index is 5.69. The molecule has 0 amide bonds. The van der Waals surface area contributed by atoms with Crippen molar-refractivity contribution >= 4 is 5.95 Å². The lowest BCUT2D eigenvalue weighted by Crippen LogP contribution is -2.15. The highest BCUT2D eigenvalue weighted by Crippen LogP contribution is 2.13. The van der Waals surface area contributed by atoms with Crippen LogP contribution in [0.25, 0.3) is 0 Å². The molecule has 1 aromatic carbocycles. The summed E-state index contributed by atoms with van der Waals surface area (Å²) in [5, 5.41) is 7.64. The van der Waals surface area contributed by atoms with Crippen molar-refractivity contribution in [3.8, 4) is 0 Å². The summed E-state index contributed by atoms with van der Waals surface area (Å²) in [7, 11) is 0. The van der Waals surface area contributed by atoms with Gasteiger partial charge >= 0.3 is 0 Å². The van der Waals surface area contributed by atoms with Crippen LogP contribution in [0.2, 0.25) is 0 Å². The molecule has 2 aromatic rings. The number of nitrogens with two attached hydrogens (primary N) is 2. The SMILES string of the molecule is Cc1ccc(Cc2nnc(N)n2N)cc1C. The minimum absolute atomic E-state index is 0.235. The average molecular weight is 217 g/mol. The Morgan fingerprint density at radius 2 is 1.94 bits per heavy atom. The lowest BCUT2D eigenvalue weighted by Gasteiger charge is -2.05. The first-order valence-corrected chi connectivity index (χ1v) is 5.09. The lowest BCUT2D eigenvalue weighted by molar-refractivity contribution is 0.878. The van der Waals surface area contributed by atoms with Crippen molar-refractivity contribution < 1.29 is 0 Å². The van der Waals surface area contributed by atoms with Gasteiger partial charge in [0, 0.05) is 6.42 Å². The van der Waals surface area contributed by atoms with E-state index in [1.165, 1.54) is 15.8 Å². The maximum absolute atomic E-state index is 5.69. The smallest absolute Gasteiger partial charge is 0.240 e. The van der Waals surface area contributed by atoms with E-state index < -0.39 is 0 Å². The Morgan fingerprint density at radius 1 is 1.19 bits per heavy atom. The van der Waals surface area contributed by atoms with E-state index in [1.54, 1.807) is 0 Å². The van der Waals surface area contributed by atoms with Gasteiger partial charge in [0.05, 0.1) is 0 Å². The van der Waals surface area contributed by atoms with Crippen molar-refractivity contribution in [1.82, 2.24) is 14.9 Å². The molecule has 0 aliphatic rings. The molecule has 0 aliphatic heterocycles. The van der Waals surface area contributed by atoms with Gasteiger partial charge in [-0.3, -0.25) is 0 Å². The van der Waals surface area contributed by atoms with E-state index in [0.29, 0.717) is 12.2 Å². The summed E-state index contributed by atoms with van der Waals surface area (Å²) in [5.74, 6) is 6.59. The first kappa shape index (κ1) is 10.5. The number of nitrogens with zero attached hydrogens (tertiary/aromatic N) is 3. The van der Waals surface area contributed by atoms with Crippen LogP contribution >= 0.6 is 0 Å². The molecule has 0 saturated carbocycles. The molecule has 1 aromatic heterocycles. The summed E-state index contributed by atoms with van der Waals surface area (Å²) in [6.45, 7) is 4.17. The Hall–Kier alpha value is -2.04. The summed E-state index contributed by atoms with van der Waals surface area (Å²) in [6.07, 6.45) is 0.641. The molecule has 2 rings (SSSR count). The molecule has 4 N–H and O–H groups in total. The van der Waals surface area contributed by atoms with Gasteiger partial charge in [0.25, 0.3) is 0 Å². The standard InChI is InChI=1S/C11H15N5/c1-7-3-4-9(5-8(7)2)6-10-14-15-11(12)16(10)13/h3-5H,6,13H2,1-2H3,(H2,12,15). The van der Waals surface area contributed by atoms with E-state index in [0.717, 1.165) is 5.56 Å². The fourth-order valence-electron chi connectivity index (χ4n) is 1.55. The van der Waals surface area contributed by atoms with Gasteiger partial charge in [-0.05, 0) is 30.5 Å². The summed E-state index contributed by atoms with van der Waals surface area (Å²) in [6, 6.07) is 6.28. The lowest BCUT2D eigenvalue weighted by atomic mass is 10.0. The number of aryl methyl sites for hydroxylation is 2. The third-order valence-electron chi connectivity index (χ3n) is 2.73. The molecular formula is C11H15N5. The molecule has 0 bridgehead atoms. The second kappa shape index (κ2) is 3.84. The van der Waals surface area contributed by atoms with Gasteiger partial charge in [-0.25, -0.2) is 4.68 Å². The average Bonchev–Trinajstić information content (AvgIpc) is 2.55. The number of nitrogen functional groups attached to an aromatic ring is 2. The fraction of sp³-hybridized carbons (Fsp3) is 0.273. The Morgan fingerprint density at radius 3 is 2.50 bits per heavy atom. The minimum Gasteiger partial charge on any atom is -0.366 e. The van der Waals surface area contributed by atoms with Crippen LogP contribution in [-0.4, -0.2) is 14.9 Å². The van der Waals surface area contributed by atoms with Crippen molar-refractivity contribution in [3.63, 3.8) is 0 Å². The summed E-state index contributed by atoms with van der Waals surface area (Å²) < 4.78 is 1.31. The zero-order valence-electron chi connectivity index (χ0n) is 9.44. The summed E-state index contributed by atoms with van der Waals surface area (Å²) in [5.41, 5.74) is 9.20. The second-order valence-electron chi connectivity index (χ2n) is 3.94. The van der Waals surface area contributed by atoms with E-state index >= 15 is 0 Å². The van der Waals surface area contributed by atoms with Crippen LogP contribution in [0.5, 0.6) is 0 Å². The Kier molecular flexibility index (Phi) is 2.52. The van der Waals surface area contributed by atoms with Gasteiger partial charge in [-0.15, -0.1) is 10.2 Å². The van der Waals surface area contributed by atoms with Gasteiger partial charge < -0.3 is 11.6 Å². The molecule has 0 radical (unpaired) electrons. The molecule has 0 fully saturated rings. The zero-order valence-corrected chi connectivity index (χ0v) is 9.44. The highest BCUT2D eigenvalue weighted by molar-refractivity contribution is 5.32. The van der Waals surface area contributed by atoms with Gasteiger partial charge in [-0.1, -0.05) is 18.2 Å². The largest absolute Gasteiger partial charge is 0.366 e. The van der Waals surface area contributed by atoms with E-state index in [9.17, 15) is 0 Å². The summed E-state index contributed by atoms with van der Waals surface area (Å²) >= 11 is 0. The summed E-state index contributed by atoms with van der Waals surface area (Å²) in [4.78, 5) is 0. The van der Waals surface area contributed by atoms with Crippen LogP contribution in [-0.2, 0) is 6.42 Å². The van der Waals surface area contributed by atoms with Crippen LogP contribution in [0.3, 0.4) is 0 Å². The quantitative estimate of drug-likeness (QED) is 0.728. The highest BCUT2D eigenvalue weighted by Gasteiger charge is 2.07. The molecule has 0 atom stereocenters. The molecule has 1 heterocycles. The van der Waals surface area contributed by atoms with Gasteiger partial charge in [0.15, 0.2) is 5.82 Å². The predicted octanol–water partition coefficient (Wildman–Crippen LogP) is 0.782. The number of hydrogen-bond donors (Lipinski definition) is 2. The zero-order chi connectivity index (χ0) is 11.7. The predicted molar refractivity (Wildman–Crippen MR) is 63.3 cm³/mol. The first-order chi connectivity index (χ1) is 7.58.